The molecule has 0 spiro atoms. The lowest BCUT2D eigenvalue weighted by atomic mass is 10.1. The van der Waals surface area contributed by atoms with Crippen molar-refractivity contribution in [3.63, 3.8) is 0 Å². The molecule has 3 rings (SSSR count). The van der Waals surface area contributed by atoms with Crippen molar-refractivity contribution in [1.82, 2.24) is 15.1 Å². The summed E-state index contributed by atoms with van der Waals surface area (Å²) in [5.41, 5.74) is 1.18. The molecule has 0 fully saturated rings. The molecule has 110 valence electrons. The Balaban J connectivity index is 2.06. The molecule has 3 nitrogen and oxygen atoms in total. The molecule has 0 bridgehead atoms. The van der Waals surface area contributed by atoms with Crippen molar-refractivity contribution in [3.05, 3.63) is 51.6 Å². The number of thiophene rings is 1. The summed E-state index contributed by atoms with van der Waals surface area (Å²) in [5.74, 6) is 0. The molecular formula is C16H18BrN3S. The first kappa shape index (κ1) is 14.8. The van der Waals surface area contributed by atoms with Gasteiger partial charge in [0.15, 0.2) is 0 Å². The first-order chi connectivity index (χ1) is 10.2. The van der Waals surface area contributed by atoms with Crippen LogP contribution in [0.2, 0.25) is 0 Å². The predicted molar refractivity (Wildman–Crippen MR) is 92.9 cm³/mol. The van der Waals surface area contributed by atoms with E-state index in [4.69, 9.17) is 0 Å². The minimum atomic E-state index is 0.171. The van der Waals surface area contributed by atoms with Crippen LogP contribution in [0.5, 0.6) is 0 Å². The molecule has 1 aromatic carbocycles. The number of hydrogen-bond acceptors (Lipinski definition) is 3. The van der Waals surface area contributed by atoms with Gasteiger partial charge in [0.2, 0.25) is 0 Å². The van der Waals surface area contributed by atoms with Crippen molar-refractivity contribution < 1.29 is 0 Å². The Hall–Kier alpha value is -1.17. The van der Waals surface area contributed by atoms with Crippen LogP contribution in [-0.2, 0) is 7.05 Å². The van der Waals surface area contributed by atoms with E-state index in [0.717, 1.165) is 17.4 Å². The number of hydrogen-bond donors (Lipinski definition) is 1. The average Bonchev–Trinajstić information content (AvgIpc) is 3.05. The van der Waals surface area contributed by atoms with E-state index in [0.29, 0.717) is 0 Å². The fourth-order valence-electron chi connectivity index (χ4n) is 2.51. The Labute approximate surface area is 137 Å². The zero-order valence-electron chi connectivity index (χ0n) is 12.1. The Kier molecular flexibility index (Phi) is 4.42. The number of nitrogens with one attached hydrogen (secondary N) is 1. The van der Waals surface area contributed by atoms with Gasteiger partial charge < -0.3 is 5.32 Å². The Bertz CT molecular complexity index is 694. The van der Waals surface area contributed by atoms with Crippen LogP contribution in [0, 0.1) is 0 Å². The second-order valence-electron chi connectivity index (χ2n) is 5.08. The minimum Gasteiger partial charge on any atom is -0.304 e. The van der Waals surface area contributed by atoms with Gasteiger partial charge >= 0.3 is 0 Å². The van der Waals surface area contributed by atoms with E-state index in [1.165, 1.54) is 20.7 Å². The van der Waals surface area contributed by atoms with Crippen LogP contribution in [0.1, 0.15) is 30.0 Å². The van der Waals surface area contributed by atoms with Crippen LogP contribution < -0.4 is 5.32 Å². The highest BCUT2D eigenvalue weighted by molar-refractivity contribution is 9.10. The highest BCUT2D eigenvalue weighted by Crippen LogP contribution is 2.35. The van der Waals surface area contributed by atoms with Gasteiger partial charge in [-0.3, -0.25) is 4.68 Å². The van der Waals surface area contributed by atoms with Gasteiger partial charge in [0.25, 0.3) is 0 Å². The highest BCUT2D eigenvalue weighted by Gasteiger charge is 2.22. The molecule has 0 aliphatic rings. The number of aryl methyl sites for hydroxylation is 1. The molecule has 1 unspecified atom stereocenters. The maximum Gasteiger partial charge on any atom is 0.0853 e. The topological polar surface area (TPSA) is 29.9 Å². The van der Waals surface area contributed by atoms with Gasteiger partial charge in [-0.2, -0.15) is 5.10 Å². The van der Waals surface area contributed by atoms with Crippen LogP contribution in [0.4, 0.5) is 0 Å². The zero-order valence-corrected chi connectivity index (χ0v) is 14.5. The van der Waals surface area contributed by atoms with E-state index in [2.05, 4.69) is 63.6 Å². The lowest BCUT2D eigenvalue weighted by Gasteiger charge is -2.18. The summed E-state index contributed by atoms with van der Waals surface area (Å²) in [6.45, 7) is 3.17. The molecule has 0 saturated heterocycles. The SMILES string of the molecule is CCCNC(c1cc2ccccc2s1)c1c(Br)cnn1C. The zero-order chi connectivity index (χ0) is 14.8. The number of benzene rings is 1. The largest absolute Gasteiger partial charge is 0.304 e. The van der Waals surface area contributed by atoms with Gasteiger partial charge in [-0.05, 0) is 46.4 Å². The third-order valence-electron chi connectivity index (χ3n) is 3.54. The maximum absolute atomic E-state index is 4.36. The summed E-state index contributed by atoms with van der Waals surface area (Å²) < 4.78 is 4.33. The van der Waals surface area contributed by atoms with Crippen LogP contribution in [0.15, 0.2) is 41.0 Å². The van der Waals surface area contributed by atoms with E-state index in [1.54, 1.807) is 0 Å². The van der Waals surface area contributed by atoms with Gasteiger partial charge in [0.05, 0.1) is 22.4 Å². The van der Waals surface area contributed by atoms with E-state index in [1.807, 2.05) is 29.3 Å². The molecule has 0 aliphatic heterocycles. The summed E-state index contributed by atoms with van der Waals surface area (Å²) in [6, 6.07) is 11.0. The van der Waals surface area contributed by atoms with E-state index in [9.17, 15) is 0 Å². The van der Waals surface area contributed by atoms with E-state index >= 15 is 0 Å². The first-order valence-corrected chi connectivity index (χ1v) is 8.71. The lowest BCUT2D eigenvalue weighted by molar-refractivity contribution is 0.558. The monoisotopic (exact) mass is 363 g/mol. The molecule has 1 N–H and O–H groups in total. The summed E-state index contributed by atoms with van der Waals surface area (Å²) in [6.07, 6.45) is 2.97. The fourth-order valence-corrected chi connectivity index (χ4v) is 4.23. The van der Waals surface area contributed by atoms with Crippen LogP contribution >= 0.6 is 27.3 Å². The van der Waals surface area contributed by atoms with Crippen molar-refractivity contribution in [3.8, 4) is 0 Å². The van der Waals surface area contributed by atoms with Gasteiger partial charge in [-0.15, -0.1) is 11.3 Å². The second-order valence-corrected chi connectivity index (χ2v) is 7.04. The first-order valence-electron chi connectivity index (χ1n) is 7.10. The molecular weight excluding hydrogens is 346 g/mol. The summed E-state index contributed by atoms with van der Waals surface area (Å²) in [5, 5.41) is 9.31. The van der Waals surface area contributed by atoms with E-state index in [-0.39, 0.29) is 6.04 Å². The average molecular weight is 364 g/mol. The molecule has 0 radical (unpaired) electrons. The Morgan fingerprint density at radius 2 is 2.19 bits per heavy atom. The molecule has 21 heavy (non-hydrogen) atoms. The third-order valence-corrected chi connectivity index (χ3v) is 5.33. The lowest BCUT2D eigenvalue weighted by Crippen LogP contribution is -2.24. The Morgan fingerprint density at radius 3 is 2.86 bits per heavy atom. The molecule has 3 aromatic rings. The summed E-state index contributed by atoms with van der Waals surface area (Å²) in [4.78, 5) is 1.33. The third kappa shape index (κ3) is 2.91. The van der Waals surface area contributed by atoms with Gasteiger partial charge in [-0.1, -0.05) is 25.1 Å². The number of rotatable bonds is 5. The number of halogens is 1. The summed E-state index contributed by atoms with van der Waals surface area (Å²) >= 11 is 5.48. The van der Waals surface area contributed by atoms with Crippen molar-refractivity contribution in [2.45, 2.75) is 19.4 Å². The molecule has 0 saturated carbocycles. The van der Waals surface area contributed by atoms with Crippen molar-refractivity contribution in [2.24, 2.45) is 7.05 Å². The number of aromatic nitrogens is 2. The number of fused-ring (bicyclic) bond motifs is 1. The smallest absolute Gasteiger partial charge is 0.0853 e. The molecule has 0 amide bonds. The molecule has 1 atom stereocenters. The van der Waals surface area contributed by atoms with Gasteiger partial charge in [0.1, 0.15) is 0 Å². The standard InChI is InChI=1S/C16H18BrN3S/c1-3-8-18-15(16-12(17)10-19-20(16)2)14-9-11-6-4-5-7-13(11)21-14/h4-7,9-10,15,18H,3,8H2,1-2H3. The predicted octanol–water partition coefficient (Wildman–Crippen LogP) is 4.49. The quantitative estimate of drug-likeness (QED) is 0.723. The molecule has 2 aromatic heterocycles. The molecule has 2 heterocycles. The minimum absolute atomic E-state index is 0.171. The molecule has 5 heteroatoms. The maximum atomic E-state index is 4.36. The van der Waals surface area contributed by atoms with Gasteiger partial charge in [-0.25, -0.2) is 0 Å². The van der Waals surface area contributed by atoms with Crippen molar-refractivity contribution in [2.75, 3.05) is 6.54 Å². The van der Waals surface area contributed by atoms with Crippen molar-refractivity contribution in [1.29, 1.82) is 0 Å². The normalized spacial score (nSPS) is 12.9. The van der Waals surface area contributed by atoms with Crippen LogP contribution in [-0.4, -0.2) is 16.3 Å². The summed E-state index contributed by atoms with van der Waals surface area (Å²) in [7, 11) is 1.99. The number of nitrogens with zero attached hydrogens (tertiary/aromatic N) is 2. The fraction of sp³-hybridized carbons (Fsp3) is 0.312. The Morgan fingerprint density at radius 1 is 1.38 bits per heavy atom. The van der Waals surface area contributed by atoms with Crippen LogP contribution in [0.25, 0.3) is 10.1 Å². The van der Waals surface area contributed by atoms with Crippen molar-refractivity contribution >= 4 is 37.4 Å². The van der Waals surface area contributed by atoms with Gasteiger partial charge in [0, 0.05) is 16.6 Å². The second kappa shape index (κ2) is 6.30. The van der Waals surface area contributed by atoms with Crippen LogP contribution in [0.3, 0.4) is 0 Å². The van der Waals surface area contributed by atoms with E-state index < -0.39 is 0 Å². The highest BCUT2D eigenvalue weighted by atomic mass is 79.9. The molecule has 0 aliphatic carbocycles.